The summed E-state index contributed by atoms with van der Waals surface area (Å²) in [6, 6.07) is 22.8. The van der Waals surface area contributed by atoms with E-state index in [0.29, 0.717) is 64.2 Å². The number of hydrogen-bond donors (Lipinski definition) is 2. The van der Waals surface area contributed by atoms with Crippen molar-refractivity contribution in [3.8, 4) is 23.0 Å². The highest BCUT2D eigenvalue weighted by Gasteiger charge is 2.21. The molecular weight excluding hydrogens is 584 g/mol. The van der Waals surface area contributed by atoms with Crippen molar-refractivity contribution in [3.05, 3.63) is 103 Å². The zero-order chi connectivity index (χ0) is 31.6. The number of anilines is 2. The molecule has 0 bridgehead atoms. The van der Waals surface area contributed by atoms with Gasteiger partial charge in [-0.25, -0.2) is 9.97 Å². The summed E-state index contributed by atoms with van der Waals surface area (Å²) in [5.74, 6) is 1.96. The molecule has 0 unspecified atom stereocenters. The first-order valence-electron chi connectivity index (χ1n) is 14.5. The third-order valence-corrected chi connectivity index (χ3v) is 7.65. The van der Waals surface area contributed by atoms with Crippen LogP contribution in [0.5, 0.6) is 23.0 Å². The molecule has 0 amide bonds. The Labute approximate surface area is 263 Å². The van der Waals surface area contributed by atoms with Crippen molar-refractivity contribution >= 4 is 61.4 Å². The van der Waals surface area contributed by atoms with Gasteiger partial charge in [-0.3, -0.25) is 9.59 Å². The van der Waals surface area contributed by atoms with Crippen molar-refractivity contribution in [2.45, 2.75) is 0 Å². The number of benzene rings is 4. The number of carbonyl (C=O) groups excluding carboxylic acids is 2. The van der Waals surface area contributed by atoms with Gasteiger partial charge in [0.05, 0.1) is 24.8 Å². The summed E-state index contributed by atoms with van der Waals surface area (Å²) in [6.07, 6.45) is 5.30. The van der Waals surface area contributed by atoms with Gasteiger partial charge in [-0.15, -0.1) is 0 Å². The number of carbonyl (C=O) groups is 2. The summed E-state index contributed by atoms with van der Waals surface area (Å²) >= 11 is 0. The van der Waals surface area contributed by atoms with E-state index in [9.17, 15) is 9.59 Å². The lowest BCUT2D eigenvalue weighted by molar-refractivity contribution is -0.113. The van der Waals surface area contributed by atoms with E-state index in [2.05, 4.69) is 26.3 Å². The summed E-state index contributed by atoms with van der Waals surface area (Å²) < 4.78 is 22.8. The number of nitrogens with zero attached hydrogens (tertiary/aromatic N) is 2. The van der Waals surface area contributed by atoms with Crippen molar-refractivity contribution < 1.29 is 28.5 Å². The summed E-state index contributed by atoms with van der Waals surface area (Å²) in [5.41, 5.74) is 3.88. The maximum Gasteiger partial charge on any atom is 0.186 e. The highest BCUT2D eigenvalue weighted by atomic mass is 16.5. The van der Waals surface area contributed by atoms with E-state index in [1.807, 2.05) is 42.5 Å². The molecule has 1 aliphatic carbocycles. The van der Waals surface area contributed by atoms with Gasteiger partial charge in [-0.1, -0.05) is 18.2 Å². The van der Waals surface area contributed by atoms with Crippen LogP contribution in [0.4, 0.5) is 11.5 Å². The Hall–Kier alpha value is -6.00. The number of nitrogens with one attached hydrogen (secondary N) is 2. The van der Waals surface area contributed by atoms with E-state index in [4.69, 9.17) is 18.9 Å². The van der Waals surface area contributed by atoms with Crippen LogP contribution in [0, 0.1) is 0 Å². The number of ketones is 2. The molecule has 7 rings (SSSR count). The number of ether oxygens (including phenoxy) is 4. The Morgan fingerprint density at radius 3 is 2.52 bits per heavy atom. The van der Waals surface area contributed by atoms with Gasteiger partial charge in [0.15, 0.2) is 23.1 Å². The molecule has 2 N–H and O–H groups in total. The first kappa shape index (κ1) is 28.8. The quantitative estimate of drug-likeness (QED) is 0.125. The summed E-state index contributed by atoms with van der Waals surface area (Å²) in [5, 5.41) is 6.22. The fourth-order valence-electron chi connectivity index (χ4n) is 5.46. The van der Waals surface area contributed by atoms with Gasteiger partial charge in [0.1, 0.15) is 30.3 Å². The van der Waals surface area contributed by atoms with Gasteiger partial charge < -0.3 is 29.2 Å². The molecule has 2 heterocycles. The molecule has 2 aromatic heterocycles. The van der Waals surface area contributed by atoms with Crippen LogP contribution >= 0.6 is 0 Å². The highest BCUT2D eigenvalue weighted by Crippen LogP contribution is 2.38. The van der Waals surface area contributed by atoms with Crippen LogP contribution in [0.15, 0.2) is 97.4 Å². The minimum atomic E-state index is -0.300. The molecule has 4 aromatic carbocycles. The van der Waals surface area contributed by atoms with E-state index >= 15 is 0 Å². The number of para-hydroxylation sites is 1. The van der Waals surface area contributed by atoms with Crippen LogP contribution in [0.2, 0.25) is 0 Å². The molecule has 228 valence electrons. The van der Waals surface area contributed by atoms with Crippen LogP contribution in [0.3, 0.4) is 0 Å². The Kier molecular flexibility index (Phi) is 7.61. The van der Waals surface area contributed by atoms with E-state index in [-0.39, 0.29) is 17.1 Å². The second-order valence-electron chi connectivity index (χ2n) is 10.6. The molecule has 10 nitrogen and oxygen atoms in total. The zero-order valence-corrected chi connectivity index (χ0v) is 25.0. The van der Waals surface area contributed by atoms with Gasteiger partial charge in [0.25, 0.3) is 0 Å². The van der Waals surface area contributed by atoms with Crippen LogP contribution in [0.1, 0.15) is 5.56 Å². The maximum absolute atomic E-state index is 13.0. The first-order valence-corrected chi connectivity index (χ1v) is 14.5. The fraction of sp³-hybridized carbons (Fsp3) is 0.111. The molecule has 0 saturated heterocycles. The lowest BCUT2D eigenvalue weighted by Crippen LogP contribution is -2.08. The number of rotatable bonds is 10. The molecule has 0 saturated carbocycles. The monoisotopic (exact) mass is 612 g/mol. The van der Waals surface area contributed by atoms with Crippen molar-refractivity contribution in [2.24, 2.45) is 0 Å². The van der Waals surface area contributed by atoms with Gasteiger partial charge >= 0.3 is 0 Å². The summed E-state index contributed by atoms with van der Waals surface area (Å²) in [7, 11) is 3.17. The Morgan fingerprint density at radius 2 is 1.65 bits per heavy atom. The first-order chi connectivity index (χ1) is 22.5. The summed E-state index contributed by atoms with van der Waals surface area (Å²) in [4.78, 5) is 37.7. The van der Waals surface area contributed by atoms with Gasteiger partial charge in [0.2, 0.25) is 0 Å². The second kappa shape index (κ2) is 12.2. The normalized spacial score (nSPS) is 13.0. The number of H-pyrrole nitrogens is 1. The second-order valence-corrected chi connectivity index (χ2v) is 10.6. The molecule has 0 aliphatic heterocycles. The maximum atomic E-state index is 13.0. The largest absolute Gasteiger partial charge is 0.493 e. The lowest BCUT2D eigenvalue weighted by Gasteiger charge is -2.17. The number of methoxy groups -OCH3 is 2. The minimum Gasteiger partial charge on any atom is -0.493 e. The standard InChI is InChI=1S/C36H28N4O6/c1-43-13-14-45-35-19-30-28(18-34(35)44-2)36(38-20-37-30)39-21-7-12-33(27(15-21)26-16-22(41)8-11-32(26)42)46-23-9-10-25-24-5-3-4-6-29(24)40-31(25)17-23/h3-12,15-20,40H,13-14H2,1-2H3,(H,37,38,39). The van der Waals surface area contributed by atoms with Gasteiger partial charge in [0, 0.05) is 57.7 Å². The SMILES string of the molecule is COCCOc1cc2ncnc(Nc3ccc(Oc4ccc5c(c4)[nH]c4ccccc45)c(C4=CC(=O)C=CC4=O)c3)c2cc1OC. The molecule has 10 heteroatoms. The molecule has 46 heavy (non-hydrogen) atoms. The highest BCUT2D eigenvalue weighted by molar-refractivity contribution is 6.34. The molecule has 0 spiro atoms. The average Bonchev–Trinajstić information content (AvgIpc) is 3.44. The molecule has 0 radical (unpaired) electrons. The lowest BCUT2D eigenvalue weighted by atomic mass is 9.95. The van der Waals surface area contributed by atoms with Crippen LogP contribution in [-0.4, -0.2) is 54.0 Å². The van der Waals surface area contributed by atoms with E-state index in [1.54, 1.807) is 38.5 Å². The van der Waals surface area contributed by atoms with Crippen molar-refractivity contribution in [3.63, 3.8) is 0 Å². The average molecular weight is 613 g/mol. The van der Waals surface area contributed by atoms with Crippen molar-refractivity contribution in [1.82, 2.24) is 15.0 Å². The van der Waals surface area contributed by atoms with Crippen LogP contribution < -0.4 is 19.5 Å². The van der Waals surface area contributed by atoms with Crippen LogP contribution in [-0.2, 0) is 14.3 Å². The Morgan fingerprint density at radius 1 is 0.783 bits per heavy atom. The van der Waals surface area contributed by atoms with Crippen LogP contribution in [0.25, 0.3) is 38.3 Å². The zero-order valence-electron chi connectivity index (χ0n) is 25.0. The third kappa shape index (κ3) is 5.53. The molecule has 0 atom stereocenters. The van der Waals surface area contributed by atoms with E-state index in [0.717, 1.165) is 21.8 Å². The Bertz CT molecular complexity index is 2220. The topological polar surface area (TPSA) is 125 Å². The van der Waals surface area contributed by atoms with Gasteiger partial charge in [-0.2, -0.15) is 0 Å². The minimum absolute atomic E-state index is 0.227. The van der Waals surface area contributed by atoms with E-state index < -0.39 is 0 Å². The van der Waals surface area contributed by atoms with E-state index in [1.165, 1.54) is 24.6 Å². The smallest absolute Gasteiger partial charge is 0.186 e. The van der Waals surface area contributed by atoms with Gasteiger partial charge in [-0.05, 0) is 60.7 Å². The number of allylic oxidation sites excluding steroid dienone is 4. The fourth-order valence-corrected chi connectivity index (χ4v) is 5.46. The molecular formula is C36H28N4O6. The third-order valence-electron chi connectivity index (χ3n) is 7.65. The summed E-state index contributed by atoms with van der Waals surface area (Å²) in [6.45, 7) is 0.783. The predicted octanol–water partition coefficient (Wildman–Crippen LogP) is 6.93. The molecule has 1 aliphatic rings. The Balaban J connectivity index is 1.26. The predicted molar refractivity (Wildman–Crippen MR) is 176 cm³/mol. The molecule has 6 aromatic rings. The number of hydrogen-bond acceptors (Lipinski definition) is 9. The number of aromatic amines is 1. The number of aromatic nitrogens is 3. The van der Waals surface area contributed by atoms with Crippen molar-refractivity contribution in [2.75, 3.05) is 32.8 Å². The number of fused-ring (bicyclic) bond motifs is 4. The molecule has 0 fully saturated rings. The van der Waals surface area contributed by atoms with Crippen molar-refractivity contribution in [1.29, 1.82) is 0 Å².